The number of nitrogens with one attached hydrogen (secondary N) is 1. The largest absolute Gasteiger partial charge is 0.465 e. The summed E-state index contributed by atoms with van der Waals surface area (Å²) in [5.41, 5.74) is 7.30. The van der Waals surface area contributed by atoms with Gasteiger partial charge in [0.05, 0.1) is 5.56 Å². The van der Waals surface area contributed by atoms with Gasteiger partial charge in [-0.3, -0.25) is 4.98 Å². The summed E-state index contributed by atoms with van der Waals surface area (Å²) in [6.45, 7) is 0.335. The summed E-state index contributed by atoms with van der Waals surface area (Å²) in [6, 6.07) is 8.36. The van der Waals surface area contributed by atoms with Gasteiger partial charge in [-0.15, -0.1) is 0 Å². The van der Waals surface area contributed by atoms with Crippen LogP contribution in [0.25, 0.3) is 0 Å². The number of benzene rings is 1. The van der Waals surface area contributed by atoms with Crippen LogP contribution in [0.3, 0.4) is 0 Å². The number of nitrogens with two attached hydrogens (primary N) is 1. The zero-order valence-corrected chi connectivity index (χ0v) is 15.3. The molecule has 3 heterocycles. The molecule has 2 aliphatic heterocycles. The van der Waals surface area contributed by atoms with Crippen molar-refractivity contribution in [2.45, 2.75) is 37.4 Å². The number of pyridine rings is 1. The number of rotatable bonds is 3. The van der Waals surface area contributed by atoms with E-state index in [0.717, 1.165) is 5.56 Å². The van der Waals surface area contributed by atoms with Gasteiger partial charge in [0.1, 0.15) is 17.3 Å². The fourth-order valence-corrected chi connectivity index (χ4v) is 4.15. The van der Waals surface area contributed by atoms with Crippen LogP contribution in [-0.2, 0) is 6.42 Å². The van der Waals surface area contributed by atoms with Crippen molar-refractivity contribution in [1.82, 2.24) is 9.88 Å². The van der Waals surface area contributed by atoms with Crippen LogP contribution in [0, 0.1) is 5.82 Å². The highest BCUT2D eigenvalue weighted by molar-refractivity contribution is 6.04. The molecule has 1 saturated heterocycles. The van der Waals surface area contributed by atoms with Crippen LogP contribution in [0.2, 0.25) is 0 Å². The normalized spacial score (nSPS) is 23.7. The summed E-state index contributed by atoms with van der Waals surface area (Å²) in [5, 5.41) is 13.0. The van der Waals surface area contributed by atoms with Crippen LogP contribution in [0.4, 0.5) is 14.9 Å². The Kier molecular flexibility index (Phi) is 4.62. The maximum atomic E-state index is 14.1. The lowest BCUT2D eigenvalue weighted by molar-refractivity contribution is 0.0837. The molecular weight excluding hydrogens is 361 g/mol. The van der Waals surface area contributed by atoms with E-state index in [2.05, 4.69) is 15.3 Å². The smallest absolute Gasteiger partial charge is 0.407 e. The van der Waals surface area contributed by atoms with Crippen molar-refractivity contribution in [3.8, 4) is 0 Å². The number of halogens is 1. The number of aromatic nitrogens is 1. The average molecular weight is 383 g/mol. The zero-order chi connectivity index (χ0) is 19.7. The summed E-state index contributed by atoms with van der Waals surface area (Å²) >= 11 is 0. The third-order valence-corrected chi connectivity index (χ3v) is 5.49. The molecule has 2 atom stereocenters. The quantitative estimate of drug-likeness (QED) is 0.756. The molecule has 1 aromatic carbocycles. The molecule has 28 heavy (non-hydrogen) atoms. The minimum atomic E-state index is -0.940. The van der Waals surface area contributed by atoms with Gasteiger partial charge < -0.3 is 21.1 Å². The van der Waals surface area contributed by atoms with E-state index in [1.165, 1.54) is 11.0 Å². The molecule has 0 saturated carbocycles. The Morgan fingerprint density at radius 3 is 3.00 bits per heavy atom. The first-order chi connectivity index (χ1) is 13.5. The molecule has 1 spiro atoms. The molecule has 0 bridgehead atoms. The number of carboxylic acid groups (broad SMARTS) is 1. The molecule has 1 fully saturated rings. The number of likely N-dealkylation sites (tertiary alicyclic amines) is 1. The first-order valence-electron chi connectivity index (χ1n) is 9.28. The second kappa shape index (κ2) is 7.10. The van der Waals surface area contributed by atoms with Gasteiger partial charge >= 0.3 is 6.09 Å². The molecular formula is C20H22FN5O2. The monoisotopic (exact) mass is 383 g/mol. The molecule has 1 amide bonds. The Balaban J connectivity index is 1.58. The summed E-state index contributed by atoms with van der Waals surface area (Å²) < 4.78 is 14.1. The highest BCUT2D eigenvalue weighted by Gasteiger charge is 2.44. The standard InChI is InChI=1S/C20H22FN5O2/c21-15-4-1-5-16-17(15)18(22)25-20(24-16)8-10-26(19(27)28)14(11-20)7-6-13-3-2-9-23-12-13/h1-5,9,12,14,24H,6-8,10-11H2,(H2,22,25)(H,27,28). The van der Waals surface area contributed by atoms with Crippen LogP contribution < -0.4 is 11.1 Å². The third-order valence-electron chi connectivity index (χ3n) is 5.49. The molecule has 7 nitrogen and oxygen atoms in total. The molecule has 4 rings (SSSR count). The van der Waals surface area contributed by atoms with Crippen LogP contribution in [-0.4, -0.2) is 45.2 Å². The summed E-state index contributed by atoms with van der Waals surface area (Å²) in [4.78, 5) is 21.9. The Labute approximate surface area is 162 Å². The zero-order valence-electron chi connectivity index (χ0n) is 15.3. The lowest BCUT2D eigenvalue weighted by atomic mass is 9.86. The Bertz CT molecular complexity index is 920. The summed E-state index contributed by atoms with van der Waals surface area (Å²) in [5.74, 6) is -0.265. The maximum absolute atomic E-state index is 14.1. The SMILES string of the molecule is NC1=NC2(CCN(C(=O)O)C(CCc3cccnc3)C2)Nc2cccc(F)c21. The molecule has 2 aliphatic rings. The molecule has 146 valence electrons. The highest BCUT2D eigenvalue weighted by Crippen LogP contribution is 2.38. The van der Waals surface area contributed by atoms with Crippen LogP contribution in [0.15, 0.2) is 47.7 Å². The lowest BCUT2D eigenvalue weighted by Crippen LogP contribution is -2.56. The van der Waals surface area contributed by atoms with Gasteiger partial charge in [-0.2, -0.15) is 0 Å². The van der Waals surface area contributed by atoms with Crippen LogP contribution in [0.1, 0.15) is 30.4 Å². The minimum Gasteiger partial charge on any atom is -0.465 e. The number of aryl methyl sites for hydroxylation is 1. The second-order valence-electron chi connectivity index (χ2n) is 7.30. The van der Waals surface area contributed by atoms with E-state index in [1.807, 2.05) is 12.1 Å². The molecule has 2 unspecified atom stereocenters. The number of hydrogen-bond acceptors (Lipinski definition) is 5. The Morgan fingerprint density at radius 1 is 1.39 bits per heavy atom. The third kappa shape index (κ3) is 3.37. The van der Waals surface area contributed by atoms with E-state index in [1.54, 1.807) is 24.5 Å². The fourth-order valence-electron chi connectivity index (χ4n) is 4.15. The predicted octanol–water partition coefficient (Wildman–Crippen LogP) is 2.82. The van der Waals surface area contributed by atoms with Gasteiger partial charge in [-0.05, 0) is 36.6 Å². The first-order valence-corrected chi connectivity index (χ1v) is 9.28. The Hall–Kier alpha value is -3.16. The number of amidine groups is 1. The topological polar surface area (TPSA) is 104 Å². The highest BCUT2D eigenvalue weighted by atomic mass is 19.1. The van der Waals surface area contributed by atoms with Crippen LogP contribution in [0.5, 0.6) is 0 Å². The maximum Gasteiger partial charge on any atom is 0.407 e. The lowest BCUT2D eigenvalue weighted by Gasteiger charge is -2.46. The van der Waals surface area contributed by atoms with Gasteiger partial charge in [-0.1, -0.05) is 12.1 Å². The van der Waals surface area contributed by atoms with Gasteiger partial charge in [0, 0.05) is 43.5 Å². The van der Waals surface area contributed by atoms with Gasteiger partial charge in [0.2, 0.25) is 0 Å². The van der Waals surface area contributed by atoms with E-state index in [9.17, 15) is 14.3 Å². The van der Waals surface area contributed by atoms with Crippen molar-refractivity contribution < 1.29 is 14.3 Å². The number of anilines is 1. The van der Waals surface area contributed by atoms with E-state index < -0.39 is 17.6 Å². The second-order valence-corrected chi connectivity index (χ2v) is 7.30. The van der Waals surface area contributed by atoms with Gasteiger partial charge in [0.25, 0.3) is 0 Å². The van der Waals surface area contributed by atoms with Gasteiger partial charge in [0.15, 0.2) is 0 Å². The minimum absolute atomic E-state index is 0.154. The number of hydrogen-bond donors (Lipinski definition) is 3. The predicted molar refractivity (Wildman–Crippen MR) is 104 cm³/mol. The van der Waals surface area contributed by atoms with E-state index in [4.69, 9.17) is 5.73 Å². The molecule has 8 heteroatoms. The average Bonchev–Trinajstić information content (AvgIpc) is 2.66. The number of fused-ring (bicyclic) bond motifs is 1. The van der Waals surface area contributed by atoms with Crippen molar-refractivity contribution in [2.75, 3.05) is 11.9 Å². The van der Waals surface area contributed by atoms with Crippen molar-refractivity contribution >= 4 is 17.6 Å². The Morgan fingerprint density at radius 2 is 2.25 bits per heavy atom. The van der Waals surface area contributed by atoms with Crippen molar-refractivity contribution in [1.29, 1.82) is 0 Å². The van der Waals surface area contributed by atoms with E-state index in [0.29, 0.717) is 37.9 Å². The molecule has 1 aromatic heterocycles. The molecule has 0 aliphatic carbocycles. The van der Waals surface area contributed by atoms with E-state index in [-0.39, 0.29) is 17.4 Å². The summed E-state index contributed by atoms with van der Waals surface area (Å²) in [6.07, 6.45) is 4.86. The molecule has 0 radical (unpaired) electrons. The van der Waals surface area contributed by atoms with Crippen LogP contribution >= 0.6 is 0 Å². The number of aliphatic imine (C=N–C) groups is 1. The molecule has 2 aromatic rings. The van der Waals surface area contributed by atoms with Crippen molar-refractivity contribution in [2.24, 2.45) is 10.7 Å². The van der Waals surface area contributed by atoms with Gasteiger partial charge in [-0.25, -0.2) is 14.2 Å². The summed E-state index contributed by atoms with van der Waals surface area (Å²) in [7, 11) is 0. The fraction of sp³-hybridized carbons (Fsp3) is 0.350. The number of piperidine rings is 1. The number of amides is 1. The van der Waals surface area contributed by atoms with Crippen molar-refractivity contribution in [3.63, 3.8) is 0 Å². The van der Waals surface area contributed by atoms with E-state index >= 15 is 0 Å². The first kappa shape index (κ1) is 18.2. The van der Waals surface area contributed by atoms with Crippen molar-refractivity contribution in [3.05, 3.63) is 59.7 Å². The number of carbonyl (C=O) groups is 1. The molecule has 4 N–H and O–H groups in total. The number of nitrogens with zero attached hydrogens (tertiary/aromatic N) is 3.